The van der Waals surface area contributed by atoms with Gasteiger partial charge in [0.25, 0.3) is 5.91 Å². The molecule has 4 rings (SSSR count). The number of rotatable bonds is 5. The molecule has 1 fully saturated rings. The Morgan fingerprint density at radius 1 is 1.12 bits per heavy atom. The molecular weight excluding hydrogens is 539 g/mol. The largest absolute Gasteiger partial charge is 0.444 e. The van der Waals surface area contributed by atoms with Crippen molar-refractivity contribution >= 4 is 17.8 Å². The Bertz CT molecular complexity index is 1410. The van der Waals surface area contributed by atoms with Gasteiger partial charge in [0.15, 0.2) is 0 Å². The lowest BCUT2D eigenvalue weighted by Crippen LogP contribution is -2.39. The normalized spacial score (nSPS) is 15.4. The molecule has 0 saturated carbocycles. The molecule has 2 amide bonds. The summed E-state index contributed by atoms with van der Waals surface area (Å²) >= 11 is 0. The van der Waals surface area contributed by atoms with Crippen molar-refractivity contribution in [3.8, 4) is 11.3 Å². The quantitative estimate of drug-likeness (QED) is 0.432. The molecule has 13 heteroatoms. The van der Waals surface area contributed by atoms with Gasteiger partial charge in [0.05, 0.1) is 24.3 Å². The number of hydrogen-bond donors (Lipinski definition) is 2. The third-order valence-corrected chi connectivity index (χ3v) is 7.04. The van der Waals surface area contributed by atoms with Gasteiger partial charge >= 0.3 is 12.3 Å². The number of aryl methyl sites for hydroxylation is 1. The van der Waals surface area contributed by atoms with Crippen LogP contribution >= 0.6 is 0 Å². The van der Waals surface area contributed by atoms with Crippen LogP contribution in [0.5, 0.6) is 0 Å². The van der Waals surface area contributed by atoms with Crippen molar-refractivity contribution in [1.82, 2.24) is 24.5 Å². The number of alkyl halides is 3. The first-order valence-electron chi connectivity index (χ1n) is 13.5. The summed E-state index contributed by atoms with van der Waals surface area (Å²) in [6, 6.07) is 3.46. The summed E-state index contributed by atoms with van der Waals surface area (Å²) in [5.41, 5.74) is 12.7. The van der Waals surface area contributed by atoms with Gasteiger partial charge in [-0.25, -0.2) is 9.48 Å². The lowest BCUT2D eigenvalue weighted by Gasteiger charge is -2.30. The van der Waals surface area contributed by atoms with Gasteiger partial charge in [0, 0.05) is 24.8 Å². The van der Waals surface area contributed by atoms with Crippen molar-refractivity contribution in [2.45, 2.75) is 77.7 Å². The molecule has 10 nitrogen and oxygen atoms in total. The summed E-state index contributed by atoms with van der Waals surface area (Å²) < 4.78 is 48.3. The van der Waals surface area contributed by atoms with E-state index in [0.717, 1.165) is 12.1 Å². The predicted octanol–water partition coefficient (Wildman–Crippen LogP) is 5.16. The fourth-order valence-electron chi connectivity index (χ4n) is 4.98. The summed E-state index contributed by atoms with van der Waals surface area (Å²) in [5.74, 6) is -0.601. The van der Waals surface area contributed by atoms with Gasteiger partial charge in [0.1, 0.15) is 22.7 Å². The Morgan fingerprint density at radius 3 is 2.37 bits per heavy atom. The Labute approximate surface area is 236 Å². The van der Waals surface area contributed by atoms with Crippen LogP contribution in [0.4, 0.5) is 23.8 Å². The minimum absolute atomic E-state index is 0.0669. The number of nitrogen functional groups attached to an aromatic ring is 1. The maximum Gasteiger partial charge on any atom is 0.416 e. The van der Waals surface area contributed by atoms with Gasteiger partial charge in [-0.15, -0.1) is 0 Å². The van der Waals surface area contributed by atoms with E-state index in [1.165, 1.54) is 16.9 Å². The molecule has 0 spiro atoms. The highest BCUT2D eigenvalue weighted by Gasteiger charge is 2.31. The molecule has 1 aliphatic heterocycles. The molecule has 1 aliphatic rings. The number of carbonyl (C=O) groups is 2. The van der Waals surface area contributed by atoms with Crippen molar-refractivity contribution in [2.75, 3.05) is 18.8 Å². The van der Waals surface area contributed by atoms with Crippen molar-refractivity contribution < 1.29 is 27.5 Å². The Morgan fingerprint density at radius 2 is 1.78 bits per heavy atom. The van der Waals surface area contributed by atoms with Crippen LogP contribution < -0.4 is 11.5 Å². The molecule has 0 bridgehead atoms. The first-order valence-corrected chi connectivity index (χ1v) is 13.5. The minimum atomic E-state index is -4.45. The molecule has 41 heavy (non-hydrogen) atoms. The number of ether oxygens (including phenoxy) is 1. The van der Waals surface area contributed by atoms with E-state index >= 15 is 0 Å². The number of aromatic nitrogens is 4. The van der Waals surface area contributed by atoms with Crippen LogP contribution in [0.2, 0.25) is 0 Å². The minimum Gasteiger partial charge on any atom is -0.444 e. The molecule has 2 aromatic heterocycles. The molecule has 3 aromatic rings. The van der Waals surface area contributed by atoms with E-state index in [4.69, 9.17) is 16.2 Å². The van der Waals surface area contributed by atoms with E-state index in [9.17, 15) is 22.8 Å². The van der Waals surface area contributed by atoms with Gasteiger partial charge in [-0.05, 0) is 76.6 Å². The number of anilines is 1. The van der Waals surface area contributed by atoms with E-state index in [-0.39, 0.29) is 35.8 Å². The number of nitrogens with two attached hydrogens (primary N) is 2. The highest BCUT2D eigenvalue weighted by atomic mass is 19.4. The summed E-state index contributed by atoms with van der Waals surface area (Å²) in [5, 5.41) is 8.96. The van der Waals surface area contributed by atoms with E-state index in [1.54, 1.807) is 22.7 Å². The number of carbonyl (C=O) groups excluding carboxylic acids is 2. The molecule has 0 unspecified atom stereocenters. The third-order valence-electron chi connectivity index (χ3n) is 7.04. The van der Waals surface area contributed by atoms with Gasteiger partial charge in [-0.3, -0.25) is 9.48 Å². The SMILES string of the molecule is Cc1ccc(C(F)(F)F)cc1Cn1cc(-c2nn(C3CCCN(C(=O)OC(C)(C)C)CCC3)c(N)c2C(N)=O)cn1. The standard InChI is InChI=1S/C28H36F3N7O3/c1-17-9-10-20(28(29,30)31)13-18(17)15-37-16-19(14-34-37)23-22(25(33)39)24(32)38(35-23)21-7-5-11-36(12-6-8-21)26(40)41-27(2,3)4/h9-10,13-14,16,21H,5-8,11-12,15,32H2,1-4H3,(H2,33,39). The monoisotopic (exact) mass is 575 g/mol. The third kappa shape index (κ3) is 7.01. The topological polar surface area (TPSA) is 134 Å². The molecule has 4 N–H and O–H groups in total. The number of halogens is 3. The van der Waals surface area contributed by atoms with Gasteiger partial charge in [-0.2, -0.15) is 23.4 Å². The van der Waals surface area contributed by atoms with Crippen LogP contribution in [0.25, 0.3) is 11.3 Å². The second-order valence-electron chi connectivity index (χ2n) is 11.4. The maximum atomic E-state index is 13.2. The van der Waals surface area contributed by atoms with E-state index in [2.05, 4.69) is 10.2 Å². The number of hydrogen-bond acceptors (Lipinski definition) is 6. The summed E-state index contributed by atoms with van der Waals surface area (Å²) in [7, 11) is 0. The van der Waals surface area contributed by atoms with Crippen molar-refractivity contribution in [1.29, 1.82) is 0 Å². The van der Waals surface area contributed by atoms with E-state index in [0.29, 0.717) is 55.5 Å². The number of amides is 2. The Balaban J connectivity index is 1.54. The number of benzene rings is 1. The molecule has 1 aromatic carbocycles. The average molecular weight is 576 g/mol. The molecule has 0 radical (unpaired) electrons. The molecule has 0 atom stereocenters. The zero-order chi connectivity index (χ0) is 30.1. The highest BCUT2D eigenvalue weighted by molar-refractivity contribution is 6.03. The zero-order valence-electron chi connectivity index (χ0n) is 23.7. The molecule has 3 heterocycles. The van der Waals surface area contributed by atoms with Crippen LogP contribution in [0, 0.1) is 6.92 Å². The average Bonchev–Trinajstić information content (AvgIpc) is 3.43. The lowest BCUT2D eigenvalue weighted by atomic mass is 10.0. The lowest BCUT2D eigenvalue weighted by molar-refractivity contribution is -0.137. The van der Waals surface area contributed by atoms with Crippen LogP contribution in [0.3, 0.4) is 0 Å². The fourth-order valence-corrected chi connectivity index (χ4v) is 4.98. The second-order valence-corrected chi connectivity index (χ2v) is 11.4. The van der Waals surface area contributed by atoms with E-state index < -0.39 is 23.2 Å². The van der Waals surface area contributed by atoms with Gasteiger partial charge in [0.2, 0.25) is 0 Å². The summed E-state index contributed by atoms with van der Waals surface area (Å²) in [6.45, 7) is 8.35. The van der Waals surface area contributed by atoms with Crippen LogP contribution in [-0.4, -0.2) is 55.2 Å². The molecular formula is C28H36F3N7O3. The zero-order valence-corrected chi connectivity index (χ0v) is 23.7. The first kappa shape index (κ1) is 29.9. The van der Waals surface area contributed by atoms with E-state index in [1.807, 2.05) is 20.8 Å². The van der Waals surface area contributed by atoms with Gasteiger partial charge in [-0.1, -0.05) is 6.07 Å². The number of likely N-dealkylation sites (tertiary alicyclic amines) is 1. The van der Waals surface area contributed by atoms with Crippen molar-refractivity contribution in [3.63, 3.8) is 0 Å². The number of primary amides is 1. The molecule has 1 saturated heterocycles. The van der Waals surface area contributed by atoms with Crippen molar-refractivity contribution in [3.05, 3.63) is 52.8 Å². The van der Waals surface area contributed by atoms with Crippen LogP contribution in [0.15, 0.2) is 30.6 Å². The smallest absolute Gasteiger partial charge is 0.416 e. The second kappa shape index (κ2) is 11.5. The summed E-state index contributed by atoms with van der Waals surface area (Å²) in [4.78, 5) is 26.7. The Kier molecular flexibility index (Phi) is 8.36. The molecule has 222 valence electrons. The highest BCUT2D eigenvalue weighted by Crippen LogP contribution is 2.34. The Hall–Kier alpha value is -4.03. The van der Waals surface area contributed by atoms with Crippen LogP contribution in [-0.2, 0) is 17.5 Å². The van der Waals surface area contributed by atoms with Crippen molar-refractivity contribution in [2.24, 2.45) is 5.73 Å². The van der Waals surface area contributed by atoms with Gasteiger partial charge < -0.3 is 21.1 Å². The van der Waals surface area contributed by atoms with Crippen LogP contribution in [0.1, 0.15) is 79.5 Å². The fraction of sp³-hybridized carbons (Fsp3) is 0.500. The summed E-state index contributed by atoms with van der Waals surface area (Å²) in [6.07, 6.45) is 0.979. The number of nitrogens with zero attached hydrogens (tertiary/aromatic N) is 5. The first-order chi connectivity index (χ1) is 19.1. The molecule has 0 aliphatic carbocycles. The maximum absolute atomic E-state index is 13.2. The predicted molar refractivity (Wildman–Crippen MR) is 147 cm³/mol.